The van der Waals surface area contributed by atoms with E-state index in [0.29, 0.717) is 11.3 Å². The molecule has 0 aromatic heterocycles. The Morgan fingerprint density at radius 1 is 1.39 bits per heavy atom. The molecule has 0 bridgehead atoms. The highest BCUT2D eigenvalue weighted by Crippen LogP contribution is 2.27. The average Bonchev–Trinajstić information content (AvgIpc) is 2.26. The van der Waals surface area contributed by atoms with E-state index in [2.05, 4.69) is 5.32 Å². The van der Waals surface area contributed by atoms with Crippen molar-refractivity contribution in [2.45, 2.75) is 31.3 Å². The van der Waals surface area contributed by atoms with Crippen molar-refractivity contribution in [3.05, 3.63) is 29.8 Å². The largest absolute Gasteiger partial charge is 0.389 e. The molecule has 1 aromatic rings. The Labute approximate surface area is 108 Å². The van der Waals surface area contributed by atoms with Crippen LogP contribution in [0.5, 0.6) is 0 Å². The molecule has 1 unspecified atom stereocenters. The maximum absolute atomic E-state index is 12.0. The van der Waals surface area contributed by atoms with Crippen LogP contribution in [0.3, 0.4) is 0 Å². The zero-order chi connectivity index (χ0) is 13.8. The normalized spacial score (nSPS) is 13.2. The van der Waals surface area contributed by atoms with Gasteiger partial charge in [-0.1, -0.05) is 18.2 Å². The van der Waals surface area contributed by atoms with Crippen molar-refractivity contribution in [3.8, 4) is 0 Å². The molecule has 2 nitrogen and oxygen atoms in total. The first kappa shape index (κ1) is 14.8. The minimum Gasteiger partial charge on any atom is -0.326 e. The van der Waals surface area contributed by atoms with E-state index in [9.17, 15) is 18.0 Å². The number of amides is 1. The summed E-state index contributed by atoms with van der Waals surface area (Å²) in [6, 6.07) is 6.76. The number of carbonyl (C=O) groups is 1. The molecule has 0 aliphatic rings. The van der Waals surface area contributed by atoms with Crippen LogP contribution in [0.25, 0.3) is 0 Å². The van der Waals surface area contributed by atoms with Gasteiger partial charge in [-0.25, -0.2) is 0 Å². The summed E-state index contributed by atoms with van der Waals surface area (Å²) in [5.41, 5.74) is 1.13. The highest BCUT2D eigenvalue weighted by Gasteiger charge is 2.28. The van der Waals surface area contributed by atoms with Crippen LogP contribution < -0.4 is 5.32 Å². The summed E-state index contributed by atoms with van der Waals surface area (Å²) in [4.78, 5) is 11.4. The fourth-order valence-electron chi connectivity index (χ4n) is 1.43. The zero-order valence-electron chi connectivity index (χ0n) is 9.72. The lowest BCUT2D eigenvalue weighted by molar-refractivity contribution is -0.142. The van der Waals surface area contributed by atoms with Crippen LogP contribution in [-0.4, -0.2) is 12.1 Å². The molecule has 0 aliphatic carbocycles. The maximum atomic E-state index is 12.0. The summed E-state index contributed by atoms with van der Waals surface area (Å²) in [5.74, 6) is -0.669. The van der Waals surface area contributed by atoms with Crippen LogP contribution in [0.2, 0.25) is 0 Å². The van der Waals surface area contributed by atoms with E-state index >= 15 is 0 Å². The summed E-state index contributed by atoms with van der Waals surface area (Å²) < 4.78 is 35.9. The molecule has 0 spiro atoms. The summed E-state index contributed by atoms with van der Waals surface area (Å²) in [7, 11) is 0. The predicted octanol–water partition coefficient (Wildman–Crippen LogP) is 4.27. The smallest absolute Gasteiger partial charge is 0.326 e. The molecular weight excluding hydrogens is 267 g/mol. The second-order valence-electron chi connectivity index (χ2n) is 3.87. The molecule has 1 atom stereocenters. The Morgan fingerprint density at radius 3 is 2.56 bits per heavy atom. The van der Waals surface area contributed by atoms with Gasteiger partial charge in [-0.2, -0.15) is 13.2 Å². The molecule has 6 heteroatoms. The molecule has 18 heavy (non-hydrogen) atoms. The number of alkyl halides is 4. The zero-order valence-corrected chi connectivity index (χ0v) is 10.5. The van der Waals surface area contributed by atoms with Crippen molar-refractivity contribution in [1.82, 2.24) is 0 Å². The number of anilines is 1. The molecule has 100 valence electrons. The van der Waals surface area contributed by atoms with Crippen molar-refractivity contribution >= 4 is 23.2 Å². The van der Waals surface area contributed by atoms with Gasteiger partial charge in [0.2, 0.25) is 5.91 Å². The Hall–Kier alpha value is -1.23. The molecular formula is C12H13ClF3NO. The first-order valence-corrected chi connectivity index (χ1v) is 5.83. The van der Waals surface area contributed by atoms with Crippen LogP contribution in [0.4, 0.5) is 18.9 Å². The summed E-state index contributed by atoms with van der Waals surface area (Å²) in [6.07, 6.45) is -6.04. The van der Waals surface area contributed by atoms with Gasteiger partial charge in [0.25, 0.3) is 0 Å². The lowest BCUT2D eigenvalue weighted by Crippen LogP contribution is -2.17. The lowest BCUT2D eigenvalue weighted by Gasteiger charge is -2.12. The van der Waals surface area contributed by atoms with Crippen molar-refractivity contribution in [1.29, 1.82) is 0 Å². The van der Waals surface area contributed by atoms with Gasteiger partial charge in [0.1, 0.15) is 0 Å². The molecule has 0 saturated carbocycles. The van der Waals surface area contributed by atoms with Crippen LogP contribution in [0, 0.1) is 0 Å². The van der Waals surface area contributed by atoms with E-state index in [1.165, 1.54) is 0 Å². The Bertz CT molecular complexity index is 418. The monoisotopic (exact) mass is 279 g/mol. The molecule has 1 amide bonds. The molecule has 0 saturated heterocycles. The molecule has 1 rings (SSSR count). The Kier molecular flexibility index (Phi) is 5.02. The van der Waals surface area contributed by atoms with Gasteiger partial charge in [0, 0.05) is 12.1 Å². The molecule has 1 aromatic carbocycles. The number of para-hydroxylation sites is 1. The van der Waals surface area contributed by atoms with Crippen LogP contribution in [0.1, 0.15) is 30.7 Å². The van der Waals surface area contributed by atoms with Crippen LogP contribution in [-0.2, 0) is 4.79 Å². The first-order chi connectivity index (χ1) is 8.29. The first-order valence-electron chi connectivity index (χ1n) is 5.39. The van der Waals surface area contributed by atoms with Gasteiger partial charge in [0.05, 0.1) is 11.8 Å². The molecule has 0 aliphatic heterocycles. The summed E-state index contributed by atoms with van der Waals surface area (Å²) in [6.45, 7) is 1.72. The number of hydrogen-bond acceptors (Lipinski definition) is 1. The van der Waals surface area contributed by atoms with Crippen LogP contribution >= 0.6 is 11.6 Å². The van der Waals surface area contributed by atoms with E-state index in [4.69, 9.17) is 11.6 Å². The third kappa shape index (κ3) is 4.96. The fraction of sp³-hybridized carbons (Fsp3) is 0.417. The van der Waals surface area contributed by atoms with Gasteiger partial charge >= 0.3 is 6.18 Å². The second kappa shape index (κ2) is 6.09. The quantitative estimate of drug-likeness (QED) is 0.820. The van der Waals surface area contributed by atoms with Gasteiger partial charge in [-0.15, -0.1) is 11.6 Å². The van der Waals surface area contributed by atoms with E-state index in [1.807, 2.05) is 0 Å². The molecule has 0 fully saturated rings. The van der Waals surface area contributed by atoms with Gasteiger partial charge < -0.3 is 5.32 Å². The number of halogens is 4. The summed E-state index contributed by atoms with van der Waals surface area (Å²) in [5, 5.41) is 2.11. The maximum Gasteiger partial charge on any atom is 0.389 e. The average molecular weight is 280 g/mol. The van der Waals surface area contributed by atoms with E-state index < -0.39 is 24.9 Å². The Balaban J connectivity index is 2.65. The molecule has 0 radical (unpaired) electrons. The van der Waals surface area contributed by atoms with Crippen molar-refractivity contribution in [2.24, 2.45) is 0 Å². The molecule has 1 N–H and O–H groups in total. The van der Waals surface area contributed by atoms with E-state index in [0.717, 1.165) is 0 Å². The SMILES string of the molecule is CC(Cl)c1ccccc1NC(=O)CCC(F)(F)F. The standard InChI is InChI=1S/C12H13ClF3NO/c1-8(13)9-4-2-3-5-10(9)17-11(18)6-7-12(14,15)16/h2-5,8H,6-7H2,1H3,(H,17,18). The Morgan fingerprint density at radius 2 is 2.00 bits per heavy atom. The van der Waals surface area contributed by atoms with Crippen molar-refractivity contribution in [3.63, 3.8) is 0 Å². The second-order valence-corrected chi connectivity index (χ2v) is 4.52. The van der Waals surface area contributed by atoms with Gasteiger partial charge in [0.15, 0.2) is 0 Å². The van der Waals surface area contributed by atoms with E-state index in [1.54, 1.807) is 31.2 Å². The lowest BCUT2D eigenvalue weighted by atomic mass is 10.1. The minimum absolute atomic E-state index is 0.330. The topological polar surface area (TPSA) is 29.1 Å². The number of rotatable bonds is 4. The van der Waals surface area contributed by atoms with Gasteiger partial charge in [-0.05, 0) is 18.6 Å². The minimum atomic E-state index is -4.32. The third-order valence-electron chi connectivity index (χ3n) is 2.30. The van der Waals surface area contributed by atoms with Crippen molar-refractivity contribution < 1.29 is 18.0 Å². The molecule has 0 heterocycles. The van der Waals surface area contributed by atoms with Gasteiger partial charge in [-0.3, -0.25) is 4.79 Å². The third-order valence-corrected chi connectivity index (χ3v) is 2.53. The fourth-order valence-corrected chi connectivity index (χ4v) is 1.62. The van der Waals surface area contributed by atoms with E-state index in [-0.39, 0.29) is 5.38 Å². The number of carbonyl (C=O) groups excluding carboxylic acids is 1. The number of hydrogen-bond donors (Lipinski definition) is 1. The predicted molar refractivity (Wildman–Crippen MR) is 64.6 cm³/mol. The summed E-state index contributed by atoms with van der Waals surface area (Å²) >= 11 is 5.91. The van der Waals surface area contributed by atoms with Crippen LogP contribution in [0.15, 0.2) is 24.3 Å². The highest BCUT2D eigenvalue weighted by molar-refractivity contribution is 6.21. The number of nitrogens with one attached hydrogen (secondary N) is 1. The number of benzene rings is 1. The van der Waals surface area contributed by atoms with Crippen molar-refractivity contribution in [2.75, 3.05) is 5.32 Å². The highest BCUT2D eigenvalue weighted by atomic mass is 35.5.